The Hall–Kier alpha value is -1.82. The molecule has 1 aliphatic rings. The monoisotopic (exact) mass is 236 g/mol. The van der Waals surface area contributed by atoms with Crippen LogP contribution in [0.3, 0.4) is 0 Å². The summed E-state index contributed by atoms with van der Waals surface area (Å²) < 4.78 is 5.31. The fourth-order valence-electron chi connectivity index (χ4n) is 2.02. The van der Waals surface area contributed by atoms with Gasteiger partial charge in [-0.05, 0) is 18.6 Å². The number of anilines is 1. The van der Waals surface area contributed by atoms with E-state index in [9.17, 15) is 0 Å². The van der Waals surface area contributed by atoms with Gasteiger partial charge in [0.05, 0.1) is 11.7 Å². The van der Waals surface area contributed by atoms with Crippen molar-refractivity contribution < 1.29 is 9.94 Å². The largest absolute Gasteiger partial charge is 0.409 e. The molecule has 2 heterocycles. The van der Waals surface area contributed by atoms with Crippen LogP contribution in [-0.2, 0) is 4.74 Å². The minimum absolute atomic E-state index is 0.0777. The summed E-state index contributed by atoms with van der Waals surface area (Å²) >= 11 is 0. The highest BCUT2D eigenvalue weighted by Crippen LogP contribution is 2.22. The van der Waals surface area contributed by atoms with Crippen LogP contribution in [0.2, 0.25) is 0 Å². The van der Waals surface area contributed by atoms with E-state index in [1.54, 1.807) is 25.4 Å². The molecule has 1 atom stereocenters. The standard InChI is InChI=1S/C11H16N4O2/c1-17-8-4-6-15(7-8)11-9(10(12)14-16)3-2-5-13-11/h2-3,5,8,16H,4,6-7H2,1H3,(H2,12,14). The minimum Gasteiger partial charge on any atom is -0.409 e. The lowest BCUT2D eigenvalue weighted by molar-refractivity contribution is 0.121. The predicted molar refractivity (Wildman–Crippen MR) is 64.4 cm³/mol. The average Bonchev–Trinajstić information content (AvgIpc) is 2.86. The fraction of sp³-hybridized carbons (Fsp3) is 0.455. The molecule has 1 aromatic rings. The number of nitrogens with two attached hydrogens (primary N) is 1. The van der Waals surface area contributed by atoms with E-state index in [0.717, 1.165) is 25.3 Å². The zero-order valence-electron chi connectivity index (χ0n) is 9.71. The molecule has 6 nitrogen and oxygen atoms in total. The first-order valence-electron chi connectivity index (χ1n) is 5.47. The lowest BCUT2D eigenvalue weighted by atomic mass is 10.2. The average molecular weight is 236 g/mol. The number of oxime groups is 1. The number of ether oxygens (including phenoxy) is 1. The molecule has 3 N–H and O–H groups in total. The van der Waals surface area contributed by atoms with E-state index in [2.05, 4.69) is 15.0 Å². The van der Waals surface area contributed by atoms with Crippen molar-refractivity contribution in [3.63, 3.8) is 0 Å². The molecule has 0 aliphatic carbocycles. The number of nitrogens with zero attached hydrogens (tertiary/aromatic N) is 3. The van der Waals surface area contributed by atoms with Crippen LogP contribution in [0, 0.1) is 0 Å². The van der Waals surface area contributed by atoms with Gasteiger partial charge in [0.1, 0.15) is 5.82 Å². The van der Waals surface area contributed by atoms with Crippen LogP contribution < -0.4 is 10.6 Å². The molecule has 1 aliphatic heterocycles. The molecule has 0 amide bonds. The van der Waals surface area contributed by atoms with E-state index in [1.165, 1.54) is 0 Å². The molecule has 92 valence electrons. The van der Waals surface area contributed by atoms with Gasteiger partial charge in [-0.3, -0.25) is 0 Å². The number of aromatic nitrogens is 1. The van der Waals surface area contributed by atoms with Crippen molar-refractivity contribution in [2.24, 2.45) is 10.9 Å². The molecule has 0 bridgehead atoms. The summed E-state index contributed by atoms with van der Waals surface area (Å²) in [5.74, 6) is 0.816. The van der Waals surface area contributed by atoms with Gasteiger partial charge in [0.15, 0.2) is 5.84 Å². The highest BCUT2D eigenvalue weighted by Gasteiger charge is 2.25. The van der Waals surface area contributed by atoms with Crippen molar-refractivity contribution in [2.45, 2.75) is 12.5 Å². The molecule has 1 unspecified atom stereocenters. The van der Waals surface area contributed by atoms with Gasteiger partial charge in [0.2, 0.25) is 0 Å². The molecule has 1 aromatic heterocycles. The maximum absolute atomic E-state index is 8.75. The summed E-state index contributed by atoms with van der Waals surface area (Å²) in [7, 11) is 1.71. The SMILES string of the molecule is COC1CCN(c2ncccc2/C(N)=N/O)C1. The summed E-state index contributed by atoms with van der Waals surface area (Å²) in [6, 6.07) is 3.55. The molecule has 0 spiro atoms. The Labute approximate surface area is 99.7 Å². The number of hydrogen-bond acceptors (Lipinski definition) is 5. The third-order valence-corrected chi connectivity index (χ3v) is 2.95. The van der Waals surface area contributed by atoms with E-state index in [4.69, 9.17) is 15.7 Å². The molecule has 0 aromatic carbocycles. The van der Waals surface area contributed by atoms with E-state index < -0.39 is 0 Å². The Balaban J connectivity index is 2.27. The maximum Gasteiger partial charge on any atom is 0.173 e. The van der Waals surface area contributed by atoms with Gasteiger partial charge >= 0.3 is 0 Å². The maximum atomic E-state index is 8.75. The van der Waals surface area contributed by atoms with Crippen molar-refractivity contribution in [1.82, 2.24) is 4.98 Å². The Morgan fingerprint density at radius 2 is 2.53 bits per heavy atom. The van der Waals surface area contributed by atoms with Gasteiger partial charge in [-0.25, -0.2) is 4.98 Å². The molecule has 0 saturated carbocycles. The van der Waals surface area contributed by atoms with Crippen LogP contribution in [0.15, 0.2) is 23.5 Å². The van der Waals surface area contributed by atoms with Gasteiger partial charge in [0.25, 0.3) is 0 Å². The molecule has 1 saturated heterocycles. The molecule has 2 rings (SSSR count). The first-order valence-corrected chi connectivity index (χ1v) is 5.47. The molecular weight excluding hydrogens is 220 g/mol. The zero-order chi connectivity index (χ0) is 12.3. The number of rotatable bonds is 3. The first kappa shape index (κ1) is 11.7. The normalized spacial score (nSPS) is 20.9. The van der Waals surface area contributed by atoms with Crippen LogP contribution in [0.25, 0.3) is 0 Å². The van der Waals surface area contributed by atoms with Crippen LogP contribution in [0.4, 0.5) is 5.82 Å². The molecular formula is C11H16N4O2. The van der Waals surface area contributed by atoms with Crippen LogP contribution in [-0.4, -0.2) is 42.3 Å². The fourth-order valence-corrected chi connectivity index (χ4v) is 2.02. The second kappa shape index (κ2) is 5.01. The lowest BCUT2D eigenvalue weighted by Crippen LogP contribution is -2.27. The van der Waals surface area contributed by atoms with Crippen LogP contribution >= 0.6 is 0 Å². The number of methoxy groups -OCH3 is 1. The number of hydrogen-bond donors (Lipinski definition) is 2. The predicted octanol–water partition coefficient (Wildman–Crippen LogP) is 0.401. The topological polar surface area (TPSA) is 84.0 Å². The summed E-state index contributed by atoms with van der Waals surface area (Å²) in [4.78, 5) is 6.38. The van der Waals surface area contributed by atoms with E-state index in [-0.39, 0.29) is 11.9 Å². The van der Waals surface area contributed by atoms with Gasteiger partial charge in [-0.2, -0.15) is 0 Å². The van der Waals surface area contributed by atoms with E-state index in [1.807, 2.05) is 0 Å². The molecule has 0 radical (unpaired) electrons. The van der Waals surface area contributed by atoms with E-state index in [0.29, 0.717) is 5.56 Å². The second-order valence-electron chi connectivity index (χ2n) is 3.95. The Morgan fingerprint density at radius 3 is 3.18 bits per heavy atom. The van der Waals surface area contributed by atoms with Crippen molar-refractivity contribution in [3.8, 4) is 0 Å². The number of amidine groups is 1. The van der Waals surface area contributed by atoms with Gasteiger partial charge in [0, 0.05) is 26.4 Å². The number of pyridine rings is 1. The van der Waals surface area contributed by atoms with Crippen LogP contribution in [0.1, 0.15) is 12.0 Å². The lowest BCUT2D eigenvalue weighted by Gasteiger charge is -2.19. The summed E-state index contributed by atoms with van der Waals surface area (Å²) in [5, 5.41) is 11.8. The van der Waals surface area contributed by atoms with Crippen molar-refractivity contribution in [2.75, 3.05) is 25.1 Å². The van der Waals surface area contributed by atoms with Crippen LogP contribution in [0.5, 0.6) is 0 Å². The Kier molecular flexibility index (Phi) is 3.43. The molecule has 17 heavy (non-hydrogen) atoms. The summed E-state index contributed by atoms with van der Waals surface area (Å²) in [6.45, 7) is 1.64. The first-order chi connectivity index (χ1) is 8.26. The third kappa shape index (κ3) is 2.31. The second-order valence-corrected chi connectivity index (χ2v) is 3.95. The third-order valence-electron chi connectivity index (χ3n) is 2.95. The van der Waals surface area contributed by atoms with Gasteiger partial charge < -0.3 is 20.6 Å². The highest BCUT2D eigenvalue weighted by atomic mass is 16.5. The van der Waals surface area contributed by atoms with Gasteiger partial charge in [-0.15, -0.1) is 0 Å². The zero-order valence-corrected chi connectivity index (χ0v) is 9.71. The van der Waals surface area contributed by atoms with Crippen molar-refractivity contribution in [1.29, 1.82) is 0 Å². The van der Waals surface area contributed by atoms with Crippen molar-refractivity contribution in [3.05, 3.63) is 23.9 Å². The van der Waals surface area contributed by atoms with Gasteiger partial charge in [-0.1, -0.05) is 5.16 Å². The highest BCUT2D eigenvalue weighted by molar-refractivity contribution is 6.01. The molecule has 1 fully saturated rings. The van der Waals surface area contributed by atoms with E-state index >= 15 is 0 Å². The summed E-state index contributed by atoms with van der Waals surface area (Å²) in [5.41, 5.74) is 6.28. The Bertz CT molecular complexity index is 422. The smallest absolute Gasteiger partial charge is 0.173 e. The quantitative estimate of drug-likeness (QED) is 0.343. The van der Waals surface area contributed by atoms with Crippen molar-refractivity contribution >= 4 is 11.7 Å². The minimum atomic E-state index is 0.0777. The summed E-state index contributed by atoms with van der Waals surface area (Å²) in [6.07, 6.45) is 2.88. The Morgan fingerprint density at radius 1 is 1.71 bits per heavy atom. The molecule has 6 heteroatoms.